The minimum Gasteiger partial charge on any atom is -0.489 e. The van der Waals surface area contributed by atoms with Crippen molar-refractivity contribution >= 4 is 17.5 Å². The van der Waals surface area contributed by atoms with Crippen LogP contribution in [0.4, 0.5) is 0 Å². The Morgan fingerprint density at radius 1 is 0.966 bits per heavy atom. The van der Waals surface area contributed by atoms with Gasteiger partial charge in [-0.15, -0.1) is 0 Å². The minimum absolute atomic E-state index is 0.0713. The van der Waals surface area contributed by atoms with Crippen LogP contribution in [0.15, 0.2) is 60.7 Å². The van der Waals surface area contributed by atoms with Crippen molar-refractivity contribution < 1.29 is 9.53 Å². The largest absolute Gasteiger partial charge is 0.489 e. The molecule has 0 spiro atoms. The van der Waals surface area contributed by atoms with Gasteiger partial charge in [0.25, 0.3) is 5.91 Å². The van der Waals surface area contributed by atoms with Crippen LogP contribution in [0, 0.1) is 20.8 Å². The van der Waals surface area contributed by atoms with Gasteiger partial charge >= 0.3 is 0 Å². The quantitative estimate of drug-likeness (QED) is 0.518. The van der Waals surface area contributed by atoms with E-state index in [0.717, 1.165) is 11.1 Å². The average molecular weight is 408 g/mol. The molecular formula is C25H26ClNO2. The van der Waals surface area contributed by atoms with E-state index in [9.17, 15) is 4.79 Å². The van der Waals surface area contributed by atoms with Gasteiger partial charge in [-0.3, -0.25) is 4.79 Å². The van der Waals surface area contributed by atoms with Gasteiger partial charge in [0, 0.05) is 16.1 Å². The highest BCUT2D eigenvalue weighted by atomic mass is 35.5. The third-order valence-electron chi connectivity index (χ3n) is 5.17. The smallest absolute Gasteiger partial charge is 0.251 e. The number of ether oxygens (including phenoxy) is 1. The topological polar surface area (TPSA) is 38.3 Å². The Kier molecular flexibility index (Phi) is 6.60. The molecule has 0 heterocycles. The van der Waals surface area contributed by atoms with E-state index in [1.807, 2.05) is 31.2 Å². The predicted molar refractivity (Wildman–Crippen MR) is 119 cm³/mol. The average Bonchev–Trinajstić information content (AvgIpc) is 2.70. The van der Waals surface area contributed by atoms with Gasteiger partial charge in [-0.25, -0.2) is 0 Å². The SMILES string of the molecule is Cc1cc(C)c(C(C)NC(=O)c2ccc(OCc3ccccc3Cl)cc2)cc1C. The molecule has 3 aromatic rings. The molecule has 0 fully saturated rings. The van der Waals surface area contributed by atoms with Crippen molar-refractivity contribution in [2.45, 2.75) is 40.3 Å². The van der Waals surface area contributed by atoms with E-state index in [2.05, 4.69) is 38.2 Å². The molecule has 0 aliphatic carbocycles. The van der Waals surface area contributed by atoms with Gasteiger partial charge in [0.15, 0.2) is 0 Å². The van der Waals surface area contributed by atoms with Crippen LogP contribution in [0.1, 0.15) is 51.1 Å². The van der Waals surface area contributed by atoms with Crippen LogP contribution in [0.5, 0.6) is 5.75 Å². The Bertz CT molecular complexity index is 1010. The van der Waals surface area contributed by atoms with E-state index in [0.29, 0.717) is 22.9 Å². The lowest BCUT2D eigenvalue weighted by Crippen LogP contribution is -2.27. The maximum absolute atomic E-state index is 12.7. The van der Waals surface area contributed by atoms with Gasteiger partial charge in [-0.05, 0) is 80.3 Å². The van der Waals surface area contributed by atoms with E-state index in [-0.39, 0.29) is 11.9 Å². The third-order valence-corrected chi connectivity index (χ3v) is 5.53. The van der Waals surface area contributed by atoms with Crippen LogP contribution in [0.2, 0.25) is 5.02 Å². The maximum atomic E-state index is 12.7. The molecule has 0 saturated carbocycles. The molecule has 3 rings (SSSR count). The molecule has 3 nitrogen and oxygen atoms in total. The summed E-state index contributed by atoms with van der Waals surface area (Å²) in [7, 11) is 0. The van der Waals surface area contributed by atoms with Crippen molar-refractivity contribution in [3.63, 3.8) is 0 Å². The first-order chi connectivity index (χ1) is 13.8. The number of rotatable bonds is 6. The molecule has 4 heteroatoms. The van der Waals surface area contributed by atoms with Crippen LogP contribution in [0.25, 0.3) is 0 Å². The maximum Gasteiger partial charge on any atom is 0.251 e. The van der Waals surface area contributed by atoms with E-state index in [1.165, 1.54) is 16.7 Å². The van der Waals surface area contributed by atoms with Crippen LogP contribution in [0.3, 0.4) is 0 Å². The first kappa shape index (κ1) is 20.9. The molecule has 0 aromatic heterocycles. The van der Waals surface area contributed by atoms with E-state index >= 15 is 0 Å². The summed E-state index contributed by atoms with van der Waals surface area (Å²) < 4.78 is 5.78. The highest BCUT2D eigenvalue weighted by Crippen LogP contribution is 2.23. The third kappa shape index (κ3) is 5.18. The molecule has 0 aliphatic heterocycles. The Hall–Kier alpha value is -2.78. The number of hydrogen-bond donors (Lipinski definition) is 1. The standard InChI is InChI=1S/C25H26ClNO2/c1-16-13-18(3)23(14-17(16)2)19(4)27-25(28)20-9-11-22(12-10-20)29-15-21-7-5-6-8-24(21)26/h5-14,19H,15H2,1-4H3,(H,27,28). The summed E-state index contributed by atoms with van der Waals surface area (Å²) in [4.78, 5) is 12.7. The second-order valence-corrected chi connectivity index (χ2v) is 7.80. The second-order valence-electron chi connectivity index (χ2n) is 7.39. The van der Waals surface area contributed by atoms with E-state index in [1.54, 1.807) is 24.3 Å². The highest BCUT2D eigenvalue weighted by molar-refractivity contribution is 6.31. The zero-order chi connectivity index (χ0) is 21.0. The minimum atomic E-state index is -0.104. The molecule has 0 aliphatic rings. The van der Waals surface area contributed by atoms with Crippen molar-refractivity contribution in [3.05, 3.63) is 99.1 Å². The Morgan fingerprint density at radius 3 is 2.31 bits per heavy atom. The van der Waals surface area contributed by atoms with Gasteiger partial charge in [-0.2, -0.15) is 0 Å². The fraction of sp³-hybridized carbons (Fsp3) is 0.240. The first-order valence-electron chi connectivity index (χ1n) is 9.70. The van der Waals surface area contributed by atoms with Crippen molar-refractivity contribution in [1.29, 1.82) is 0 Å². The number of nitrogens with one attached hydrogen (secondary N) is 1. The van der Waals surface area contributed by atoms with Gasteiger partial charge in [0.05, 0.1) is 6.04 Å². The lowest BCUT2D eigenvalue weighted by Gasteiger charge is -2.18. The normalized spacial score (nSPS) is 11.8. The second kappa shape index (κ2) is 9.15. The predicted octanol–water partition coefficient (Wildman–Crippen LogP) is 6.34. The summed E-state index contributed by atoms with van der Waals surface area (Å²) in [5.41, 5.74) is 6.34. The van der Waals surface area contributed by atoms with Crippen LogP contribution in [-0.2, 0) is 6.61 Å². The number of benzene rings is 3. The monoisotopic (exact) mass is 407 g/mol. The molecule has 0 radical (unpaired) electrons. The van der Waals surface area contributed by atoms with Gasteiger partial charge < -0.3 is 10.1 Å². The number of aryl methyl sites for hydroxylation is 3. The van der Waals surface area contributed by atoms with Crippen LogP contribution in [-0.4, -0.2) is 5.91 Å². The number of halogens is 1. The number of hydrogen-bond acceptors (Lipinski definition) is 2. The molecule has 1 N–H and O–H groups in total. The zero-order valence-corrected chi connectivity index (χ0v) is 18.0. The van der Waals surface area contributed by atoms with Crippen molar-refractivity contribution in [2.75, 3.05) is 0 Å². The first-order valence-corrected chi connectivity index (χ1v) is 10.1. The fourth-order valence-electron chi connectivity index (χ4n) is 3.29. The number of carbonyl (C=O) groups excluding carboxylic acids is 1. The van der Waals surface area contributed by atoms with Crippen molar-refractivity contribution in [1.82, 2.24) is 5.32 Å². The zero-order valence-electron chi connectivity index (χ0n) is 17.3. The summed E-state index contributed by atoms with van der Waals surface area (Å²) in [6.45, 7) is 8.67. The van der Waals surface area contributed by atoms with Crippen LogP contribution >= 0.6 is 11.6 Å². The molecule has 150 valence electrons. The van der Waals surface area contributed by atoms with Gasteiger partial charge in [0.1, 0.15) is 12.4 Å². The molecule has 29 heavy (non-hydrogen) atoms. The Morgan fingerprint density at radius 2 is 1.62 bits per heavy atom. The summed E-state index contributed by atoms with van der Waals surface area (Å²) in [5, 5.41) is 3.77. The van der Waals surface area contributed by atoms with Gasteiger partial charge in [-0.1, -0.05) is 41.9 Å². The van der Waals surface area contributed by atoms with Crippen molar-refractivity contribution in [2.24, 2.45) is 0 Å². The summed E-state index contributed by atoms with van der Waals surface area (Å²) in [6, 6.07) is 19.0. The Balaban J connectivity index is 1.63. The lowest BCUT2D eigenvalue weighted by molar-refractivity contribution is 0.0939. The molecule has 0 bridgehead atoms. The highest BCUT2D eigenvalue weighted by Gasteiger charge is 2.14. The molecule has 1 atom stereocenters. The number of carbonyl (C=O) groups is 1. The van der Waals surface area contributed by atoms with E-state index < -0.39 is 0 Å². The molecule has 1 unspecified atom stereocenters. The summed E-state index contributed by atoms with van der Waals surface area (Å²) >= 11 is 6.15. The summed E-state index contributed by atoms with van der Waals surface area (Å²) in [5.74, 6) is 0.590. The molecule has 3 aromatic carbocycles. The lowest BCUT2D eigenvalue weighted by atomic mass is 9.96. The number of amides is 1. The van der Waals surface area contributed by atoms with Gasteiger partial charge in [0.2, 0.25) is 0 Å². The summed E-state index contributed by atoms with van der Waals surface area (Å²) in [6.07, 6.45) is 0. The fourth-order valence-corrected chi connectivity index (χ4v) is 3.48. The molecular weight excluding hydrogens is 382 g/mol. The van der Waals surface area contributed by atoms with Crippen molar-refractivity contribution in [3.8, 4) is 5.75 Å². The van der Waals surface area contributed by atoms with Crippen LogP contribution < -0.4 is 10.1 Å². The molecule has 0 saturated heterocycles. The molecule has 1 amide bonds. The Labute approximate surface area is 177 Å². The van der Waals surface area contributed by atoms with E-state index in [4.69, 9.17) is 16.3 Å².